The van der Waals surface area contributed by atoms with E-state index in [0.717, 1.165) is 16.5 Å². The molecule has 0 spiro atoms. The number of methoxy groups -OCH3 is 2. The van der Waals surface area contributed by atoms with Crippen molar-refractivity contribution in [3.05, 3.63) is 96.2 Å². The highest BCUT2D eigenvalue weighted by Crippen LogP contribution is 2.36. The average Bonchev–Trinajstić information content (AvgIpc) is 2.88. The summed E-state index contributed by atoms with van der Waals surface area (Å²) < 4.78 is 10.9. The van der Waals surface area contributed by atoms with E-state index in [1.807, 2.05) is 36.4 Å². The third-order valence-electron chi connectivity index (χ3n) is 5.14. The molecule has 1 heterocycles. The first kappa shape index (κ1) is 22.5. The summed E-state index contributed by atoms with van der Waals surface area (Å²) >= 11 is 0. The maximum Gasteiger partial charge on any atom is 0.255 e. The van der Waals surface area contributed by atoms with Gasteiger partial charge in [-0.1, -0.05) is 42.5 Å². The van der Waals surface area contributed by atoms with Gasteiger partial charge in [-0.05, 0) is 24.3 Å². The first-order valence-corrected chi connectivity index (χ1v) is 10.5. The van der Waals surface area contributed by atoms with Crippen molar-refractivity contribution in [2.24, 2.45) is 0 Å². The Morgan fingerprint density at radius 1 is 0.824 bits per heavy atom. The Kier molecular flexibility index (Phi) is 6.84. The molecule has 7 nitrogen and oxygen atoms in total. The summed E-state index contributed by atoms with van der Waals surface area (Å²) in [6.45, 7) is 0. The predicted molar refractivity (Wildman–Crippen MR) is 133 cm³/mol. The van der Waals surface area contributed by atoms with E-state index in [1.165, 1.54) is 20.3 Å². The monoisotopic (exact) mass is 453 g/mol. The van der Waals surface area contributed by atoms with Crippen LogP contribution in [-0.4, -0.2) is 31.0 Å². The lowest BCUT2D eigenvalue weighted by molar-refractivity contribution is -0.111. The van der Waals surface area contributed by atoms with Gasteiger partial charge in [0.25, 0.3) is 5.91 Å². The molecule has 0 radical (unpaired) electrons. The molecule has 34 heavy (non-hydrogen) atoms. The lowest BCUT2D eigenvalue weighted by Gasteiger charge is -2.16. The second kappa shape index (κ2) is 10.3. The molecule has 7 heteroatoms. The van der Waals surface area contributed by atoms with Crippen molar-refractivity contribution in [2.45, 2.75) is 0 Å². The van der Waals surface area contributed by atoms with Gasteiger partial charge in [0.05, 0.1) is 31.1 Å². The molecule has 0 saturated heterocycles. The van der Waals surface area contributed by atoms with Gasteiger partial charge in [-0.3, -0.25) is 14.6 Å². The number of anilines is 2. The van der Waals surface area contributed by atoms with Crippen molar-refractivity contribution in [1.29, 1.82) is 0 Å². The lowest BCUT2D eigenvalue weighted by atomic mass is 10.1. The average molecular weight is 453 g/mol. The summed E-state index contributed by atoms with van der Waals surface area (Å²) in [5.41, 5.74) is 2.98. The minimum absolute atomic E-state index is 0.288. The number of ether oxygens (including phenoxy) is 2. The van der Waals surface area contributed by atoms with Crippen LogP contribution in [-0.2, 0) is 4.79 Å². The minimum atomic E-state index is -0.352. The normalized spacial score (nSPS) is 10.8. The molecule has 0 atom stereocenters. The quantitative estimate of drug-likeness (QED) is 0.378. The molecular weight excluding hydrogens is 430 g/mol. The Labute approximate surface area is 197 Å². The third kappa shape index (κ3) is 5.05. The minimum Gasteiger partial charge on any atom is -0.494 e. The van der Waals surface area contributed by atoms with Crippen LogP contribution in [0.4, 0.5) is 11.4 Å². The zero-order valence-corrected chi connectivity index (χ0v) is 18.7. The van der Waals surface area contributed by atoms with Crippen molar-refractivity contribution < 1.29 is 19.1 Å². The van der Waals surface area contributed by atoms with Gasteiger partial charge >= 0.3 is 0 Å². The maximum absolute atomic E-state index is 12.7. The van der Waals surface area contributed by atoms with Crippen LogP contribution in [0.25, 0.3) is 17.0 Å². The number of nitrogens with one attached hydrogen (secondary N) is 2. The van der Waals surface area contributed by atoms with Crippen molar-refractivity contribution in [2.75, 3.05) is 24.9 Å². The first-order chi connectivity index (χ1) is 16.6. The van der Waals surface area contributed by atoms with Crippen molar-refractivity contribution in [3.63, 3.8) is 0 Å². The van der Waals surface area contributed by atoms with Gasteiger partial charge in [-0.15, -0.1) is 0 Å². The molecule has 4 aromatic rings. The number of benzene rings is 3. The number of hydrogen-bond donors (Lipinski definition) is 2. The van der Waals surface area contributed by atoms with Gasteiger partial charge in [0.1, 0.15) is 11.5 Å². The van der Waals surface area contributed by atoms with Crippen LogP contribution in [0.15, 0.2) is 85.1 Å². The number of amides is 2. The summed E-state index contributed by atoms with van der Waals surface area (Å²) in [5.74, 6) is 0.110. The molecule has 4 rings (SSSR count). The van der Waals surface area contributed by atoms with Crippen LogP contribution in [0.1, 0.15) is 15.9 Å². The number of nitrogens with zero attached hydrogens (tertiary/aromatic N) is 1. The number of rotatable bonds is 7. The number of aromatic nitrogens is 1. The summed E-state index contributed by atoms with van der Waals surface area (Å²) in [5, 5.41) is 6.61. The Hall–Kier alpha value is -4.65. The van der Waals surface area contributed by atoms with Gasteiger partial charge in [0.2, 0.25) is 5.91 Å². The molecule has 1 aromatic heterocycles. The maximum atomic E-state index is 12.7. The summed E-state index contributed by atoms with van der Waals surface area (Å²) in [6.07, 6.45) is 4.86. The van der Waals surface area contributed by atoms with Gasteiger partial charge < -0.3 is 20.1 Å². The number of pyridine rings is 1. The number of carbonyl (C=O) groups is 2. The molecule has 0 bridgehead atoms. The van der Waals surface area contributed by atoms with Gasteiger partial charge in [-0.25, -0.2) is 0 Å². The Bertz CT molecular complexity index is 1360. The Morgan fingerprint density at radius 3 is 2.21 bits per heavy atom. The van der Waals surface area contributed by atoms with E-state index in [2.05, 4.69) is 15.6 Å². The molecule has 0 saturated carbocycles. The van der Waals surface area contributed by atoms with Crippen LogP contribution in [0.3, 0.4) is 0 Å². The zero-order chi connectivity index (χ0) is 23.9. The second-order valence-electron chi connectivity index (χ2n) is 7.32. The van der Waals surface area contributed by atoms with E-state index in [9.17, 15) is 9.59 Å². The van der Waals surface area contributed by atoms with E-state index < -0.39 is 0 Å². The molecule has 170 valence electrons. The lowest BCUT2D eigenvalue weighted by Crippen LogP contribution is -2.14. The van der Waals surface area contributed by atoms with Gasteiger partial charge in [0, 0.05) is 40.9 Å². The van der Waals surface area contributed by atoms with E-state index in [4.69, 9.17) is 9.47 Å². The molecule has 2 amide bonds. The second-order valence-corrected chi connectivity index (χ2v) is 7.32. The molecular formula is C27H23N3O4. The molecule has 0 fully saturated rings. The molecule has 0 unspecified atom stereocenters. The van der Waals surface area contributed by atoms with Crippen LogP contribution >= 0.6 is 0 Å². The smallest absolute Gasteiger partial charge is 0.255 e. The number of fused-ring (bicyclic) bond motifs is 1. The number of hydrogen-bond acceptors (Lipinski definition) is 5. The van der Waals surface area contributed by atoms with Crippen molar-refractivity contribution >= 4 is 40.2 Å². The highest BCUT2D eigenvalue weighted by Gasteiger charge is 2.15. The first-order valence-electron chi connectivity index (χ1n) is 10.5. The largest absolute Gasteiger partial charge is 0.494 e. The van der Waals surface area contributed by atoms with Crippen molar-refractivity contribution in [1.82, 2.24) is 4.98 Å². The highest BCUT2D eigenvalue weighted by atomic mass is 16.5. The Morgan fingerprint density at radius 2 is 1.50 bits per heavy atom. The predicted octanol–water partition coefficient (Wildman–Crippen LogP) is 5.16. The van der Waals surface area contributed by atoms with E-state index >= 15 is 0 Å². The highest BCUT2D eigenvalue weighted by molar-refractivity contribution is 6.07. The summed E-state index contributed by atoms with van der Waals surface area (Å²) in [6, 6.07) is 21.7. The van der Waals surface area contributed by atoms with Crippen LogP contribution in [0.5, 0.6) is 11.5 Å². The topological polar surface area (TPSA) is 89.5 Å². The molecule has 3 aromatic carbocycles. The molecule has 0 aliphatic rings. The van der Waals surface area contributed by atoms with Crippen molar-refractivity contribution in [3.8, 4) is 11.5 Å². The van der Waals surface area contributed by atoms with E-state index in [1.54, 1.807) is 48.7 Å². The number of carbonyl (C=O) groups excluding carboxylic acids is 2. The van der Waals surface area contributed by atoms with Gasteiger partial charge in [0.15, 0.2) is 0 Å². The van der Waals surface area contributed by atoms with E-state index in [-0.39, 0.29) is 11.8 Å². The fourth-order valence-corrected chi connectivity index (χ4v) is 3.48. The fraction of sp³-hybridized carbons (Fsp3) is 0.0741. The van der Waals surface area contributed by atoms with Gasteiger partial charge in [-0.2, -0.15) is 0 Å². The number of para-hydroxylation sites is 1. The molecule has 0 aliphatic heterocycles. The third-order valence-corrected chi connectivity index (χ3v) is 5.14. The SMILES string of the molecule is COc1cc(NC(=O)c2ccccc2)c(OC)cc1NC(=O)/C=C/c1cccc2cccnc12. The fourth-order valence-electron chi connectivity index (χ4n) is 3.48. The van der Waals surface area contributed by atoms with Crippen LogP contribution in [0.2, 0.25) is 0 Å². The zero-order valence-electron chi connectivity index (χ0n) is 18.7. The summed E-state index contributed by atoms with van der Waals surface area (Å²) in [7, 11) is 2.97. The van der Waals surface area contributed by atoms with Crippen LogP contribution in [0, 0.1) is 0 Å². The standard InChI is InChI=1S/C27H23N3O4/c1-33-23-17-22(30-27(32)20-8-4-3-5-9-20)24(34-2)16-21(23)29-25(31)14-13-19-11-6-10-18-12-7-15-28-26(18)19/h3-17H,1-2H3,(H,29,31)(H,30,32)/b14-13+. The van der Waals surface area contributed by atoms with E-state index in [0.29, 0.717) is 28.4 Å². The van der Waals surface area contributed by atoms with Crippen LogP contribution < -0.4 is 20.1 Å². The molecule has 2 N–H and O–H groups in total. The Balaban J connectivity index is 1.55. The molecule has 0 aliphatic carbocycles. The summed E-state index contributed by atoms with van der Waals surface area (Å²) in [4.78, 5) is 29.6.